The molecule has 1 aliphatic carbocycles. The summed E-state index contributed by atoms with van der Waals surface area (Å²) in [5.74, 6) is 0. The molecule has 1 aliphatic rings. The van der Waals surface area contributed by atoms with E-state index >= 15 is 0 Å². The maximum atomic E-state index is 6.39. The lowest BCUT2D eigenvalue weighted by Gasteiger charge is -2.26. The molecule has 0 spiro atoms. The van der Waals surface area contributed by atoms with Crippen LogP contribution in [0.2, 0.25) is 5.02 Å². The van der Waals surface area contributed by atoms with Crippen molar-refractivity contribution in [3.8, 4) is 0 Å². The van der Waals surface area contributed by atoms with Crippen LogP contribution in [0.5, 0.6) is 0 Å². The molecular weight excluding hydrogens is 282 g/mol. The van der Waals surface area contributed by atoms with Crippen LogP contribution in [0.1, 0.15) is 48.3 Å². The minimum absolute atomic E-state index is 0.423. The quantitative estimate of drug-likeness (QED) is 0.924. The Morgan fingerprint density at radius 3 is 3.00 bits per heavy atom. The van der Waals surface area contributed by atoms with Crippen LogP contribution in [0.25, 0.3) is 0 Å². The van der Waals surface area contributed by atoms with Gasteiger partial charge in [0.1, 0.15) is 0 Å². The second-order valence-electron chi connectivity index (χ2n) is 5.69. The van der Waals surface area contributed by atoms with Crippen LogP contribution in [-0.4, -0.2) is 9.78 Å². The second kappa shape index (κ2) is 6.20. The van der Waals surface area contributed by atoms with Crippen LogP contribution in [0.3, 0.4) is 0 Å². The van der Waals surface area contributed by atoms with Gasteiger partial charge in [-0.1, -0.05) is 35.9 Å². The minimum atomic E-state index is 0.423. The maximum Gasteiger partial charge on any atom is 0.0860 e. The molecule has 0 saturated heterocycles. The van der Waals surface area contributed by atoms with Gasteiger partial charge in [-0.15, -0.1) is 0 Å². The molecule has 1 aromatic carbocycles. The topological polar surface area (TPSA) is 29.9 Å². The summed E-state index contributed by atoms with van der Waals surface area (Å²) in [6.07, 6.45) is 3.63. The number of rotatable bonds is 4. The average Bonchev–Trinajstić information content (AvgIpc) is 2.80. The highest BCUT2D eigenvalue weighted by Crippen LogP contribution is 2.30. The van der Waals surface area contributed by atoms with E-state index < -0.39 is 0 Å². The van der Waals surface area contributed by atoms with Crippen molar-refractivity contribution in [3.05, 3.63) is 51.8 Å². The predicted molar refractivity (Wildman–Crippen MR) is 86.6 cm³/mol. The monoisotopic (exact) mass is 303 g/mol. The van der Waals surface area contributed by atoms with Gasteiger partial charge in [-0.3, -0.25) is 4.68 Å². The second-order valence-corrected chi connectivity index (χ2v) is 6.06. The average molecular weight is 304 g/mol. The van der Waals surface area contributed by atoms with Gasteiger partial charge in [0, 0.05) is 19.1 Å². The number of nitrogens with zero attached hydrogens (tertiary/aromatic N) is 2. The number of fused-ring (bicyclic) bond motifs is 1. The molecule has 21 heavy (non-hydrogen) atoms. The smallest absolute Gasteiger partial charge is 0.0860 e. The first-order valence-corrected chi connectivity index (χ1v) is 8.11. The number of nitrogens with one attached hydrogen (secondary N) is 1. The number of aryl methyl sites for hydroxylation is 3. The van der Waals surface area contributed by atoms with Crippen molar-refractivity contribution in [1.29, 1.82) is 0 Å². The van der Waals surface area contributed by atoms with Gasteiger partial charge in [0.05, 0.1) is 16.4 Å². The van der Waals surface area contributed by atoms with Gasteiger partial charge in [0.15, 0.2) is 0 Å². The number of hydrogen-bond acceptors (Lipinski definition) is 2. The van der Waals surface area contributed by atoms with E-state index in [1.54, 1.807) is 0 Å². The van der Waals surface area contributed by atoms with Crippen molar-refractivity contribution in [2.75, 3.05) is 0 Å². The standard InChI is InChI=1S/C17H22ClN3/c1-3-21-16(17(18)12(2)20-21)11-19-15-10-6-8-13-7-4-5-9-14(13)15/h4-5,7,9,15,19H,3,6,8,10-11H2,1-2H3. The normalized spacial score (nSPS) is 17.8. The first-order valence-electron chi connectivity index (χ1n) is 7.73. The zero-order valence-electron chi connectivity index (χ0n) is 12.7. The van der Waals surface area contributed by atoms with Crippen LogP contribution < -0.4 is 5.32 Å². The summed E-state index contributed by atoms with van der Waals surface area (Å²) in [6, 6.07) is 9.18. The van der Waals surface area contributed by atoms with Crippen molar-refractivity contribution >= 4 is 11.6 Å². The summed E-state index contributed by atoms with van der Waals surface area (Å²) in [4.78, 5) is 0. The third-order valence-corrected chi connectivity index (χ3v) is 4.83. The highest BCUT2D eigenvalue weighted by Gasteiger charge is 2.20. The van der Waals surface area contributed by atoms with E-state index in [2.05, 4.69) is 41.6 Å². The van der Waals surface area contributed by atoms with E-state index in [0.717, 1.165) is 29.5 Å². The molecule has 112 valence electrons. The largest absolute Gasteiger partial charge is 0.304 e. The molecule has 0 radical (unpaired) electrons. The predicted octanol–water partition coefficient (Wildman–Crippen LogP) is 4.03. The summed E-state index contributed by atoms with van der Waals surface area (Å²) in [5.41, 5.74) is 4.94. The molecule has 4 heteroatoms. The number of benzene rings is 1. The van der Waals surface area contributed by atoms with Crippen molar-refractivity contribution in [1.82, 2.24) is 15.1 Å². The zero-order chi connectivity index (χ0) is 14.8. The van der Waals surface area contributed by atoms with Gasteiger partial charge in [0.2, 0.25) is 0 Å². The third-order valence-electron chi connectivity index (χ3n) is 4.34. The van der Waals surface area contributed by atoms with Crippen LogP contribution in [0.4, 0.5) is 0 Å². The van der Waals surface area contributed by atoms with Crippen molar-refractivity contribution in [3.63, 3.8) is 0 Å². The van der Waals surface area contributed by atoms with Crippen LogP contribution in [0, 0.1) is 6.92 Å². The Morgan fingerprint density at radius 2 is 2.19 bits per heavy atom. The van der Waals surface area contributed by atoms with Crippen LogP contribution in [0.15, 0.2) is 24.3 Å². The molecule has 0 saturated carbocycles. The Kier molecular flexibility index (Phi) is 4.32. The molecule has 3 rings (SSSR count). The van der Waals surface area contributed by atoms with Gasteiger partial charge in [-0.05, 0) is 44.2 Å². The molecular formula is C17H22ClN3. The molecule has 1 heterocycles. The van der Waals surface area contributed by atoms with Gasteiger partial charge in [-0.2, -0.15) is 5.10 Å². The van der Waals surface area contributed by atoms with Gasteiger partial charge in [-0.25, -0.2) is 0 Å². The lowest BCUT2D eigenvalue weighted by molar-refractivity contribution is 0.447. The van der Waals surface area contributed by atoms with Crippen LogP contribution in [-0.2, 0) is 19.5 Å². The van der Waals surface area contributed by atoms with Gasteiger partial charge in [0.25, 0.3) is 0 Å². The highest BCUT2D eigenvalue weighted by atomic mass is 35.5. The molecule has 0 amide bonds. The van der Waals surface area contributed by atoms with E-state index in [1.807, 2.05) is 11.6 Å². The molecule has 1 N–H and O–H groups in total. The molecule has 1 atom stereocenters. The first-order chi connectivity index (χ1) is 10.2. The Hall–Kier alpha value is -1.32. The van der Waals surface area contributed by atoms with Crippen molar-refractivity contribution in [2.45, 2.75) is 52.2 Å². The Bertz CT molecular complexity index is 633. The van der Waals surface area contributed by atoms with E-state index in [0.29, 0.717) is 6.04 Å². The van der Waals surface area contributed by atoms with E-state index in [9.17, 15) is 0 Å². The number of halogens is 1. The lowest BCUT2D eigenvalue weighted by atomic mass is 9.88. The highest BCUT2D eigenvalue weighted by molar-refractivity contribution is 6.31. The molecule has 3 nitrogen and oxygen atoms in total. The summed E-state index contributed by atoms with van der Waals surface area (Å²) in [6.45, 7) is 5.69. The molecule has 1 aromatic heterocycles. The van der Waals surface area contributed by atoms with Crippen molar-refractivity contribution in [2.24, 2.45) is 0 Å². The van der Waals surface area contributed by atoms with E-state index in [4.69, 9.17) is 11.6 Å². The third kappa shape index (κ3) is 2.85. The Balaban J connectivity index is 1.77. The summed E-state index contributed by atoms with van der Waals surface area (Å²) in [5, 5.41) is 8.96. The summed E-state index contributed by atoms with van der Waals surface area (Å²) >= 11 is 6.39. The molecule has 0 bridgehead atoms. The summed E-state index contributed by atoms with van der Waals surface area (Å²) < 4.78 is 2.00. The fourth-order valence-electron chi connectivity index (χ4n) is 3.22. The molecule has 1 unspecified atom stereocenters. The maximum absolute atomic E-state index is 6.39. The fourth-order valence-corrected chi connectivity index (χ4v) is 3.43. The summed E-state index contributed by atoms with van der Waals surface area (Å²) in [7, 11) is 0. The van der Waals surface area contributed by atoms with Gasteiger partial charge >= 0.3 is 0 Å². The molecule has 0 fully saturated rings. The number of hydrogen-bond donors (Lipinski definition) is 1. The molecule has 2 aromatic rings. The van der Waals surface area contributed by atoms with Gasteiger partial charge < -0.3 is 5.32 Å². The molecule has 0 aliphatic heterocycles. The zero-order valence-corrected chi connectivity index (χ0v) is 13.5. The van der Waals surface area contributed by atoms with Crippen molar-refractivity contribution < 1.29 is 0 Å². The number of aromatic nitrogens is 2. The fraction of sp³-hybridized carbons (Fsp3) is 0.471. The first kappa shape index (κ1) is 14.6. The van der Waals surface area contributed by atoms with E-state index in [1.165, 1.54) is 30.4 Å². The Morgan fingerprint density at radius 1 is 1.38 bits per heavy atom. The minimum Gasteiger partial charge on any atom is -0.304 e. The van der Waals surface area contributed by atoms with Crippen LogP contribution >= 0.6 is 11.6 Å². The van der Waals surface area contributed by atoms with E-state index in [-0.39, 0.29) is 0 Å². The lowest BCUT2D eigenvalue weighted by Crippen LogP contribution is -2.26. The Labute approximate surface area is 131 Å². The SMILES string of the molecule is CCn1nc(C)c(Cl)c1CNC1CCCc2ccccc21.